The first-order valence-electron chi connectivity index (χ1n) is 5.22. The third kappa shape index (κ3) is 2.66. The van der Waals surface area contributed by atoms with Gasteiger partial charge in [-0.1, -0.05) is 30.3 Å². The number of aromatic nitrogens is 1. The summed E-state index contributed by atoms with van der Waals surface area (Å²) in [5, 5.41) is 9.28. The number of hydrogen-bond donors (Lipinski definition) is 2. The Morgan fingerprint density at radius 2 is 1.88 bits per heavy atom. The molecule has 0 fully saturated rings. The van der Waals surface area contributed by atoms with Crippen LogP contribution in [0.1, 0.15) is 17.4 Å². The lowest BCUT2D eigenvalue weighted by molar-refractivity contribution is -0.688. The summed E-state index contributed by atoms with van der Waals surface area (Å²) in [7, 11) is 0. The van der Waals surface area contributed by atoms with Crippen molar-refractivity contribution in [1.29, 1.82) is 0 Å². The molecule has 0 amide bonds. The highest BCUT2D eigenvalue weighted by molar-refractivity contribution is 5.13. The topological polar surface area (TPSA) is 50.1 Å². The van der Waals surface area contributed by atoms with Crippen LogP contribution < -0.4 is 10.3 Å². The van der Waals surface area contributed by atoms with E-state index in [1.165, 1.54) is 5.56 Å². The van der Waals surface area contributed by atoms with Gasteiger partial charge in [0.05, 0.1) is 5.56 Å². The summed E-state index contributed by atoms with van der Waals surface area (Å²) in [6, 6.07) is 13.8. The smallest absolute Gasteiger partial charge is 0.176 e. The molecule has 0 aliphatic heterocycles. The normalized spacial score (nSPS) is 12.4. The third-order valence-electron chi connectivity index (χ3n) is 2.43. The maximum atomic E-state index is 9.28. The summed E-state index contributed by atoms with van der Waals surface area (Å²) in [5.74, 6) is 0. The van der Waals surface area contributed by atoms with Crippen LogP contribution in [0.5, 0.6) is 0 Å². The number of nitrogens with two attached hydrogens (primary N) is 1. The van der Waals surface area contributed by atoms with E-state index in [9.17, 15) is 5.11 Å². The maximum absolute atomic E-state index is 9.28. The molecular formula is C13H15N2O+. The molecule has 0 bridgehead atoms. The molecule has 0 spiro atoms. The molecule has 0 saturated carbocycles. The lowest BCUT2D eigenvalue weighted by atomic mass is 10.2. The first kappa shape index (κ1) is 10.8. The number of hydrogen-bond acceptors (Lipinski definition) is 2. The first-order chi connectivity index (χ1) is 7.75. The van der Waals surface area contributed by atoms with Gasteiger partial charge in [-0.2, -0.15) is 0 Å². The fourth-order valence-electron chi connectivity index (χ4n) is 1.61. The summed E-state index contributed by atoms with van der Waals surface area (Å²) >= 11 is 0. The minimum atomic E-state index is -0.914. The zero-order valence-corrected chi connectivity index (χ0v) is 8.95. The van der Waals surface area contributed by atoms with E-state index in [2.05, 4.69) is 12.1 Å². The van der Waals surface area contributed by atoms with E-state index in [0.717, 1.165) is 12.1 Å². The van der Waals surface area contributed by atoms with E-state index < -0.39 is 6.23 Å². The van der Waals surface area contributed by atoms with Crippen molar-refractivity contribution >= 4 is 0 Å². The number of rotatable bonds is 3. The second-order valence-corrected chi connectivity index (χ2v) is 3.74. The van der Waals surface area contributed by atoms with Gasteiger partial charge in [-0.25, -0.2) is 4.57 Å². The predicted molar refractivity (Wildman–Crippen MR) is 61.3 cm³/mol. The van der Waals surface area contributed by atoms with Crippen molar-refractivity contribution in [2.45, 2.75) is 12.8 Å². The van der Waals surface area contributed by atoms with Crippen molar-refractivity contribution in [3.05, 3.63) is 66.0 Å². The van der Waals surface area contributed by atoms with Gasteiger partial charge in [0.2, 0.25) is 0 Å². The molecule has 0 saturated heterocycles. The van der Waals surface area contributed by atoms with Gasteiger partial charge in [-0.05, 0) is 6.07 Å². The second kappa shape index (κ2) is 4.88. The van der Waals surface area contributed by atoms with Crippen molar-refractivity contribution in [1.82, 2.24) is 0 Å². The minimum absolute atomic E-state index is 0.721. The van der Waals surface area contributed by atoms with Crippen LogP contribution in [0.2, 0.25) is 0 Å². The SMILES string of the molecule is NC(O)c1ccc[n+](Cc2ccccc2)c1. The van der Waals surface area contributed by atoms with Crippen LogP contribution in [0.3, 0.4) is 0 Å². The standard InChI is InChI=1S/C13H15N2O/c14-13(16)12-7-4-8-15(10-12)9-11-5-2-1-3-6-11/h1-8,10,13,16H,9,14H2/q+1. The van der Waals surface area contributed by atoms with Crippen molar-refractivity contribution in [3.63, 3.8) is 0 Å². The highest BCUT2D eigenvalue weighted by Gasteiger charge is 2.07. The van der Waals surface area contributed by atoms with Gasteiger partial charge in [0, 0.05) is 11.6 Å². The highest BCUT2D eigenvalue weighted by Crippen LogP contribution is 2.03. The molecule has 3 nitrogen and oxygen atoms in total. The molecular weight excluding hydrogens is 200 g/mol. The van der Waals surface area contributed by atoms with Gasteiger partial charge < -0.3 is 10.8 Å². The number of aliphatic hydroxyl groups excluding tert-OH is 1. The van der Waals surface area contributed by atoms with Crippen LogP contribution in [0.4, 0.5) is 0 Å². The molecule has 1 heterocycles. The summed E-state index contributed by atoms with van der Waals surface area (Å²) in [6.45, 7) is 0.779. The fraction of sp³-hybridized carbons (Fsp3) is 0.154. The summed E-state index contributed by atoms with van der Waals surface area (Å²) in [4.78, 5) is 0. The molecule has 1 atom stereocenters. The highest BCUT2D eigenvalue weighted by atomic mass is 16.3. The van der Waals surface area contributed by atoms with Gasteiger partial charge in [0.15, 0.2) is 18.9 Å². The van der Waals surface area contributed by atoms with Crippen molar-refractivity contribution in [2.75, 3.05) is 0 Å². The molecule has 82 valence electrons. The molecule has 3 heteroatoms. The van der Waals surface area contributed by atoms with E-state index in [0.29, 0.717) is 0 Å². The Kier molecular flexibility index (Phi) is 3.29. The minimum Gasteiger partial charge on any atom is -0.374 e. The Hall–Kier alpha value is -1.71. The van der Waals surface area contributed by atoms with E-state index in [1.807, 2.05) is 47.3 Å². The van der Waals surface area contributed by atoms with Gasteiger partial charge >= 0.3 is 0 Å². The van der Waals surface area contributed by atoms with Crippen LogP contribution >= 0.6 is 0 Å². The monoisotopic (exact) mass is 215 g/mol. The largest absolute Gasteiger partial charge is 0.374 e. The lowest BCUT2D eigenvalue weighted by Gasteiger charge is -2.03. The van der Waals surface area contributed by atoms with Crippen LogP contribution in [-0.4, -0.2) is 5.11 Å². The Labute approximate surface area is 94.8 Å². The molecule has 0 aliphatic rings. The van der Waals surface area contributed by atoms with Gasteiger partial charge in [-0.3, -0.25) is 0 Å². The van der Waals surface area contributed by atoms with E-state index >= 15 is 0 Å². The quantitative estimate of drug-likeness (QED) is 0.592. The average molecular weight is 215 g/mol. The fourth-order valence-corrected chi connectivity index (χ4v) is 1.61. The molecule has 0 aliphatic carbocycles. The third-order valence-corrected chi connectivity index (χ3v) is 2.43. The van der Waals surface area contributed by atoms with Crippen LogP contribution in [0, 0.1) is 0 Å². The predicted octanol–water partition coefficient (Wildman–Crippen LogP) is 0.972. The van der Waals surface area contributed by atoms with E-state index in [-0.39, 0.29) is 0 Å². The molecule has 16 heavy (non-hydrogen) atoms. The number of nitrogens with zero attached hydrogens (tertiary/aromatic N) is 1. The molecule has 2 aromatic rings. The van der Waals surface area contributed by atoms with Crippen molar-refractivity contribution in [2.24, 2.45) is 5.73 Å². The Morgan fingerprint density at radius 1 is 1.12 bits per heavy atom. The van der Waals surface area contributed by atoms with Crippen LogP contribution in [0.15, 0.2) is 54.9 Å². The van der Waals surface area contributed by atoms with Crippen molar-refractivity contribution in [3.8, 4) is 0 Å². The second-order valence-electron chi connectivity index (χ2n) is 3.74. The van der Waals surface area contributed by atoms with Gasteiger partial charge in [0.25, 0.3) is 0 Å². The lowest BCUT2D eigenvalue weighted by Crippen LogP contribution is -2.34. The van der Waals surface area contributed by atoms with Gasteiger partial charge in [-0.15, -0.1) is 0 Å². The average Bonchev–Trinajstić information content (AvgIpc) is 2.30. The van der Waals surface area contributed by atoms with E-state index in [1.54, 1.807) is 0 Å². The van der Waals surface area contributed by atoms with Crippen LogP contribution in [-0.2, 0) is 6.54 Å². The number of pyridine rings is 1. The van der Waals surface area contributed by atoms with Crippen molar-refractivity contribution < 1.29 is 9.67 Å². The zero-order valence-electron chi connectivity index (χ0n) is 8.95. The first-order valence-corrected chi connectivity index (χ1v) is 5.22. The molecule has 1 aromatic heterocycles. The summed E-state index contributed by atoms with van der Waals surface area (Å²) in [6.07, 6.45) is 2.90. The Balaban J connectivity index is 2.19. The molecule has 3 N–H and O–H groups in total. The zero-order chi connectivity index (χ0) is 11.4. The number of benzene rings is 1. The molecule has 0 radical (unpaired) electrons. The number of aliphatic hydroxyl groups is 1. The summed E-state index contributed by atoms with van der Waals surface area (Å²) < 4.78 is 2.00. The molecule has 1 aromatic carbocycles. The maximum Gasteiger partial charge on any atom is 0.176 e. The van der Waals surface area contributed by atoms with Crippen LogP contribution in [0.25, 0.3) is 0 Å². The molecule has 2 rings (SSSR count). The van der Waals surface area contributed by atoms with Gasteiger partial charge in [0.1, 0.15) is 6.23 Å². The Morgan fingerprint density at radius 3 is 2.56 bits per heavy atom. The summed E-state index contributed by atoms with van der Waals surface area (Å²) in [5.41, 5.74) is 7.36. The van der Waals surface area contributed by atoms with E-state index in [4.69, 9.17) is 5.73 Å². The Bertz CT molecular complexity index is 454. The molecule has 1 unspecified atom stereocenters.